The quantitative estimate of drug-likeness (QED) is 0.0348. The lowest BCUT2D eigenvalue weighted by molar-refractivity contribution is -0.163. The number of ether oxygens (including phenoxy) is 3. The first-order valence-corrected chi connectivity index (χ1v) is 25.2. The first-order chi connectivity index (χ1) is 28.6. The van der Waals surface area contributed by atoms with Gasteiger partial charge in [-0.25, -0.2) is 0 Å². The molecule has 0 aliphatic rings. The van der Waals surface area contributed by atoms with Crippen molar-refractivity contribution in [2.45, 2.75) is 258 Å². The van der Waals surface area contributed by atoms with E-state index in [0.717, 1.165) is 57.8 Å². The van der Waals surface area contributed by atoms with Crippen LogP contribution < -0.4 is 0 Å². The summed E-state index contributed by atoms with van der Waals surface area (Å²) >= 11 is 0. The van der Waals surface area contributed by atoms with Crippen molar-refractivity contribution < 1.29 is 23.8 Å². The Balaban J connectivity index is 4.11. The Bertz CT molecular complexity index is 966. The number of hydrogen-bond donors (Lipinski definition) is 0. The zero-order valence-electron chi connectivity index (χ0n) is 38.8. The fourth-order valence-electron chi connectivity index (χ4n) is 7.11. The number of esters is 2. The minimum absolute atomic E-state index is 0.0821. The Hall–Kier alpha value is -2.14. The van der Waals surface area contributed by atoms with Gasteiger partial charge in [0, 0.05) is 19.4 Å². The van der Waals surface area contributed by atoms with Crippen LogP contribution in [0.15, 0.2) is 48.6 Å². The van der Waals surface area contributed by atoms with Crippen molar-refractivity contribution in [1.29, 1.82) is 0 Å². The second-order valence-corrected chi connectivity index (χ2v) is 16.7. The maximum Gasteiger partial charge on any atom is 0.306 e. The van der Waals surface area contributed by atoms with Crippen molar-refractivity contribution >= 4 is 11.9 Å². The second kappa shape index (κ2) is 49.2. The SMILES string of the molecule is CC/C=C\C/C=C\C/C=C\CCCCCCCCCCOCC(COC(=O)CCCCCCCCC/C=C\CCCCCCCC)OC(=O)CCCCCCCCC. The summed E-state index contributed by atoms with van der Waals surface area (Å²) in [7, 11) is 0. The molecule has 0 rings (SSSR count). The van der Waals surface area contributed by atoms with Crippen molar-refractivity contribution in [3.8, 4) is 0 Å². The van der Waals surface area contributed by atoms with Crippen LogP contribution >= 0.6 is 0 Å². The van der Waals surface area contributed by atoms with Gasteiger partial charge in [0.15, 0.2) is 6.10 Å². The maximum absolute atomic E-state index is 12.7. The van der Waals surface area contributed by atoms with Crippen molar-refractivity contribution in [1.82, 2.24) is 0 Å². The molecular weight excluding hydrogens is 717 g/mol. The zero-order chi connectivity index (χ0) is 42.1. The van der Waals surface area contributed by atoms with Crippen LogP contribution in [0.25, 0.3) is 0 Å². The van der Waals surface area contributed by atoms with E-state index in [-0.39, 0.29) is 25.2 Å². The van der Waals surface area contributed by atoms with E-state index in [2.05, 4.69) is 69.4 Å². The molecule has 0 heterocycles. The summed E-state index contributed by atoms with van der Waals surface area (Å²) in [5.41, 5.74) is 0. The first-order valence-electron chi connectivity index (χ1n) is 25.2. The Kier molecular flexibility index (Phi) is 47.4. The smallest absolute Gasteiger partial charge is 0.306 e. The summed E-state index contributed by atoms with van der Waals surface area (Å²) in [5.74, 6) is -0.405. The van der Waals surface area contributed by atoms with Gasteiger partial charge in [0.05, 0.1) is 6.61 Å². The third-order valence-electron chi connectivity index (χ3n) is 10.8. The molecule has 0 bridgehead atoms. The minimum Gasteiger partial charge on any atom is -0.462 e. The number of carbonyl (C=O) groups excluding carboxylic acids is 2. The van der Waals surface area contributed by atoms with Gasteiger partial charge >= 0.3 is 11.9 Å². The molecule has 0 radical (unpaired) electrons. The van der Waals surface area contributed by atoms with E-state index in [1.165, 1.54) is 161 Å². The summed E-state index contributed by atoms with van der Waals surface area (Å²) in [6.07, 6.45) is 59.9. The molecule has 0 aromatic rings. The number of unbranched alkanes of at least 4 members (excludes halogenated alkanes) is 27. The third-order valence-corrected chi connectivity index (χ3v) is 10.8. The lowest BCUT2D eigenvalue weighted by Gasteiger charge is -2.18. The lowest BCUT2D eigenvalue weighted by Crippen LogP contribution is -2.30. The van der Waals surface area contributed by atoms with Gasteiger partial charge in [-0.05, 0) is 77.0 Å². The van der Waals surface area contributed by atoms with E-state index < -0.39 is 6.10 Å². The monoisotopic (exact) mass is 813 g/mol. The highest BCUT2D eigenvalue weighted by atomic mass is 16.6. The summed E-state index contributed by atoms with van der Waals surface area (Å²) in [6, 6.07) is 0. The normalized spacial score (nSPS) is 12.5. The molecule has 58 heavy (non-hydrogen) atoms. The average Bonchev–Trinajstić information content (AvgIpc) is 3.22. The molecule has 0 amide bonds. The molecular formula is C53H96O5. The van der Waals surface area contributed by atoms with Crippen LogP contribution in [-0.2, 0) is 23.8 Å². The van der Waals surface area contributed by atoms with Crippen LogP contribution in [0.5, 0.6) is 0 Å². The molecule has 0 spiro atoms. The summed E-state index contributed by atoms with van der Waals surface area (Å²) in [5, 5.41) is 0. The number of hydrogen-bond acceptors (Lipinski definition) is 5. The predicted octanol–water partition coefficient (Wildman–Crippen LogP) is 16.8. The van der Waals surface area contributed by atoms with E-state index in [9.17, 15) is 9.59 Å². The Morgan fingerprint density at radius 1 is 0.397 bits per heavy atom. The van der Waals surface area contributed by atoms with Crippen LogP contribution in [0.3, 0.4) is 0 Å². The van der Waals surface area contributed by atoms with Gasteiger partial charge in [-0.1, -0.05) is 211 Å². The molecule has 1 atom stereocenters. The summed E-state index contributed by atoms with van der Waals surface area (Å²) < 4.78 is 17.3. The van der Waals surface area contributed by atoms with Crippen LogP contribution in [0.2, 0.25) is 0 Å². The molecule has 1 unspecified atom stereocenters. The van der Waals surface area contributed by atoms with Crippen LogP contribution in [0, 0.1) is 0 Å². The molecule has 5 heteroatoms. The standard InChI is InChI=1S/C53H96O5/c1-4-7-10-13-16-18-20-22-24-26-28-30-32-34-36-39-42-45-48-56-49-51(58-53(55)47-44-41-37-15-12-9-6-3)50-57-52(54)46-43-40-38-35-33-31-29-27-25-23-21-19-17-14-11-8-5-2/h7,10,16,18,22-25,51H,4-6,8-9,11-15,17,19-21,26-50H2,1-3H3/b10-7-,18-16-,24-22-,25-23-. The number of carbonyl (C=O) groups is 2. The van der Waals surface area contributed by atoms with Gasteiger partial charge in [0.25, 0.3) is 0 Å². The largest absolute Gasteiger partial charge is 0.462 e. The summed E-state index contributed by atoms with van der Waals surface area (Å²) in [6.45, 7) is 7.68. The van der Waals surface area contributed by atoms with Crippen molar-refractivity contribution in [3.05, 3.63) is 48.6 Å². The third kappa shape index (κ3) is 46.5. The van der Waals surface area contributed by atoms with Gasteiger partial charge < -0.3 is 14.2 Å². The van der Waals surface area contributed by atoms with E-state index in [1.807, 2.05) is 0 Å². The van der Waals surface area contributed by atoms with E-state index >= 15 is 0 Å². The molecule has 0 saturated carbocycles. The van der Waals surface area contributed by atoms with E-state index in [1.54, 1.807) is 0 Å². The summed E-state index contributed by atoms with van der Waals surface area (Å²) in [4.78, 5) is 25.2. The van der Waals surface area contributed by atoms with Gasteiger partial charge in [-0.15, -0.1) is 0 Å². The molecule has 0 aromatic heterocycles. The highest BCUT2D eigenvalue weighted by Gasteiger charge is 2.17. The Morgan fingerprint density at radius 3 is 1.26 bits per heavy atom. The average molecular weight is 813 g/mol. The van der Waals surface area contributed by atoms with Crippen molar-refractivity contribution in [2.24, 2.45) is 0 Å². The Morgan fingerprint density at radius 2 is 0.776 bits per heavy atom. The van der Waals surface area contributed by atoms with Crippen LogP contribution in [0.4, 0.5) is 0 Å². The Labute approximate surface area is 361 Å². The molecule has 0 N–H and O–H groups in total. The first kappa shape index (κ1) is 55.9. The highest BCUT2D eigenvalue weighted by Crippen LogP contribution is 2.14. The molecule has 0 aliphatic heterocycles. The lowest BCUT2D eigenvalue weighted by atomic mass is 10.1. The predicted molar refractivity (Wildman–Crippen MR) is 251 cm³/mol. The molecule has 338 valence electrons. The fourth-order valence-corrected chi connectivity index (χ4v) is 7.11. The topological polar surface area (TPSA) is 61.8 Å². The molecule has 5 nitrogen and oxygen atoms in total. The van der Waals surface area contributed by atoms with Crippen molar-refractivity contribution in [3.63, 3.8) is 0 Å². The molecule has 0 fully saturated rings. The fraction of sp³-hybridized carbons (Fsp3) is 0.811. The van der Waals surface area contributed by atoms with Gasteiger partial charge in [-0.2, -0.15) is 0 Å². The van der Waals surface area contributed by atoms with Crippen molar-refractivity contribution in [2.75, 3.05) is 19.8 Å². The van der Waals surface area contributed by atoms with E-state index in [4.69, 9.17) is 14.2 Å². The van der Waals surface area contributed by atoms with Gasteiger partial charge in [-0.3, -0.25) is 9.59 Å². The number of allylic oxidation sites excluding steroid dienone is 8. The van der Waals surface area contributed by atoms with Gasteiger partial charge in [0.1, 0.15) is 6.61 Å². The van der Waals surface area contributed by atoms with Crippen LogP contribution in [-0.4, -0.2) is 37.9 Å². The van der Waals surface area contributed by atoms with Gasteiger partial charge in [0.2, 0.25) is 0 Å². The van der Waals surface area contributed by atoms with Crippen LogP contribution in [0.1, 0.15) is 252 Å². The van der Waals surface area contributed by atoms with E-state index in [0.29, 0.717) is 19.4 Å². The highest BCUT2D eigenvalue weighted by molar-refractivity contribution is 5.70. The molecule has 0 aliphatic carbocycles. The molecule has 0 saturated heterocycles. The zero-order valence-corrected chi connectivity index (χ0v) is 38.8. The minimum atomic E-state index is -0.536. The second-order valence-electron chi connectivity index (χ2n) is 16.7. The maximum atomic E-state index is 12.7. The number of rotatable bonds is 46. The molecule has 0 aromatic carbocycles.